The summed E-state index contributed by atoms with van der Waals surface area (Å²) in [6.45, 7) is 6.38. The fraction of sp³-hybridized carbons (Fsp3) is 0.750. The number of rotatable bonds is 12. The molecule has 0 aliphatic heterocycles. The van der Waals surface area contributed by atoms with Gasteiger partial charge in [0.1, 0.15) is 12.4 Å². The molecule has 5 heteroatoms. The monoisotopic (exact) mass is 295 g/mol. The van der Waals surface area contributed by atoms with Gasteiger partial charge in [-0.2, -0.15) is 4.98 Å². The molecule has 0 amide bonds. The van der Waals surface area contributed by atoms with Crippen LogP contribution < -0.4 is 10.1 Å². The van der Waals surface area contributed by atoms with Gasteiger partial charge in [0.05, 0.1) is 6.61 Å². The molecule has 0 saturated carbocycles. The van der Waals surface area contributed by atoms with Crippen molar-refractivity contribution in [2.45, 2.75) is 59.0 Å². The van der Waals surface area contributed by atoms with Gasteiger partial charge in [-0.25, -0.2) is 4.98 Å². The Morgan fingerprint density at radius 1 is 1.05 bits per heavy atom. The second kappa shape index (κ2) is 11.3. The Balaban J connectivity index is 2.54. The predicted molar refractivity (Wildman–Crippen MR) is 85.8 cm³/mol. The average molecular weight is 295 g/mol. The third kappa shape index (κ3) is 7.85. The smallest absolute Gasteiger partial charge is 0.218 e. The van der Waals surface area contributed by atoms with Crippen LogP contribution in [0.15, 0.2) is 6.07 Å². The number of hydrogen-bond donors (Lipinski definition) is 1. The molecule has 1 rings (SSSR count). The number of methoxy groups -OCH3 is 1. The lowest BCUT2D eigenvalue weighted by Gasteiger charge is -2.10. The molecule has 1 N–H and O–H groups in total. The van der Waals surface area contributed by atoms with Crippen molar-refractivity contribution < 1.29 is 9.47 Å². The summed E-state index contributed by atoms with van der Waals surface area (Å²) in [7, 11) is 1.64. The second-order valence-corrected chi connectivity index (χ2v) is 5.13. The summed E-state index contributed by atoms with van der Waals surface area (Å²) in [5.41, 5.74) is 0. The third-order valence-corrected chi connectivity index (χ3v) is 3.11. The Labute approximate surface area is 128 Å². The van der Waals surface area contributed by atoms with Gasteiger partial charge in [0.15, 0.2) is 5.82 Å². The summed E-state index contributed by atoms with van der Waals surface area (Å²) >= 11 is 0. The molecular formula is C16H29N3O2. The zero-order valence-electron chi connectivity index (χ0n) is 13.7. The normalized spacial score (nSPS) is 10.6. The Kier molecular flexibility index (Phi) is 9.53. The number of anilines is 1. The molecule has 0 fully saturated rings. The zero-order chi connectivity index (χ0) is 15.3. The Morgan fingerprint density at radius 2 is 1.86 bits per heavy atom. The number of ether oxygens (including phenoxy) is 2. The van der Waals surface area contributed by atoms with Crippen molar-refractivity contribution >= 4 is 5.82 Å². The first-order valence-electron chi connectivity index (χ1n) is 8.03. The van der Waals surface area contributed by atoms with E-state index in [1.54, 1.807) is 7.11 Å². The molecule has 1 heterocycles. The number of aromatic nitrogens is 2. The van der Waals surface area contributed by atoms with Crippen LogP contribution in [-0.2, 0) is 11.3 Å². The fourth-order valence-electron chi connectivity index (χ4n) is 1.92. The van der Waals surface area contributed by atoms with E-state index in [1.807, 2.05) is 6.07 Å². The lowest BCUT2D eigenvalue weighted by atomic mass is 10.2. The van der Waals surface area contributed by atoms with E-state index in [0.717, 1.165) is 31.6 Å². The fourth-order valence-corrected chi connectivity index (χ4v) is 1.92. The summed E-state index contributed by atoms with van der Waals surface area (Å²) < 4.78 is 10.8. The lowest BCUT2D eigenvalue weighted by Crippen LogP contribution is -2.08. The molecule has 0 radical (unpaired) electrons. The van der Waals surface area contributed by atoms with Gasteiger partial charge < -0.3 is 14.8 Å². The van der Waals surface area contributed by atoms with Gasteiger partial charge in [0, 0.05) is 19.7 Å². The molecule has 21 heavy (non-hydrogen) atoms. The summed E-state index contributed by atoms with van der Waals surface area (Å²) in [5, 5.41) is 3.35. The van der Waals surface area contributed by atoms with Crippen LogP contribution in [-0.4, -0.2) is 30.2 Å². The highest BCUT2D eigenvalue weighted by molar-refractivity contribution is 5.38. The van der Waals surface area contributed by atoms with Crippen LogP contribution in [0.1, 0.15) is 58.2 Å². The van der Waals surface area contributed by atoms with E-state index in [9.17, 15) is 0 Å². The molecule has 0 aromatic carbocycles. The van der Waals surface area contributed by atoms with E-state index < -0.39 is 0 Å². The highest BCUT2D eigenvalue weighted by Crippen LogP contribution is 2.15. The first-order chi connectivity index (χ1) is 10.3. The maximum atomic E-state index is 5.67. The summed E-state index contributed by atoms with van der Waals surface area (Å²) in [5.74, 6) is 2.10. The van der Waals surface area contributed by atoms with Crippen molar-refractivity contribution in [3.05, 3.63) is 11.9 Å². The Bertz CT molecular complexity index is 386. The van der Waals surface area contributed by atoms with Crippen LogP contribution in [0.4, 0.5) is 5.82 Å². The van der Waals surface area contributed by atoms with E-state index in [1.165, 1.54) is 19.3 Å². The van der Waals surface area contributed by atoms with Gasteiger partial charge in [0.25, 0.3) is 0 Å². The highest BCUT2D eigenvalue weighted by atomic mass is 16.5. The summed E-state index contributed by atoms with van der Waals surface area (Å²) in [6.07, 6.45) is 7.08. The Morgan fingerprint density at radius 3 is 2.57 bits per heavy atom. The summed E-state index contributed by atoms with van der Waals surface area (Å²) in [6, 6.07) is 1.87. The lowest BCUT2D eigenvalue weighted by molar-refractivity contribution is 0.176. The van der Waals surface area contributed by atoms with Gasteiger partial charge in [-0.05, 0) is 12.8 Å². The first-order valence-corrected chi connectivity index (χ1v) is 8.03. The molecule has 0 aliphatic rings. The standard InChI is InChI=1S/C16H29N3O2/c1-4-6-8-9-10-17-14-12-16(21-11-7-5-2)19-15(18-14)13-20-3/h12H,4-11,13H2,1-3H3,(H,17,18,19). The minimum Gasteiger partial charge on any atom is -0.478 e. The van der Waals surface area contributed by atoms with Crippen LogP contribution >= 0.6 is 0 Å². The van der Waals surface area contributed by atoms with E-state index >= 15 is 0 Å². The van der Waals surface area contributed by atoms with Gasteiger partial charge in [0.2, 0.25) is 5.88 Å². The Hall–Kier alpha value is -1.36. The van der Waals surface area contributed by atoms with Crippen LogP contribution in [0.2, 0.25) is 0 Å². The molecule has 0 bridgehead atoms. The van der Waals surface area contributed by atoms with Crippen LogP contribution in [0.5, 0.6) is 5.88 Å². The minimum atomic E-state index is 0.398. The topological polar surface area (TPSA) is 56.3 Å². The maximum absolute atomic E-state index is 5.67. The predicted octanol–water partition coefficient (Wildman–Crippen LogP) is 3.79. The maximum Gasteiger partial charge on any atom is 0.218 e. The van der Waals surface area contributed by atoms with E-state index in [0.29, 0.717) is 24.9 Å². The van der Waals surface area contributed by atoms with Crippen molar-refractivity contribution in [1.29, 1.82) is 0 Å². The average Bonchev–Trinajstić information content (AvgIpc) is 2.48. The van der Waals surface area contributed by atoms with Gasteiger partial charge in [-0.3, -0.25) is 0 Å². The number of unbranched alkanes of at least 4 members (excludes halogenated alkanes) is 4. The molecule has 0 unspecified atom stereocenters. The van der Waals surface area contributed by atoms with E-state index in [-0.39, 0.29) is 0 Å². The summed E-state index contributed by atoms with van der Waals surface area (Å²) in [4.78, 5) is 8.80. The molecule has 120 valence electrons. The van der Waals surface area contributed by atoms with Crippen molar-refractivity contribution in [3.63, 3.8) is 0 Å². The largest absolute Gasteiger partial charge is 0.478 e. The molecule has 0 saturated heterocycles. The van der Waals surface area contributed by atoms with Crippen LogP contribution in [0.25, 0.3) is 0 Å². The van der Waals surface area contributed by atoms with E-state index in [4.69, 9.17) is 9.47 Å². The molecule has 0 spiro atoms. The number of nitrogens with one attached hydrogen (secondary N) is 1. The van der Waals surface area contributed by atoms with Crippen molar-refractivity contribution in [2.75, 3.05) is 25.6 Å². The molecule has 1 aromatic rings. The van der Waals surface area contributed by atoms with E-state index in [2.05, 4.69) is 29.1 Å². The quantitative estimate of drug-likeness (QED) is 0.594. The molecule has 0 atom stereocenters. The van der Waals surface area contributed by atoms with Gasteiger partial charge >= 0.3 is 0 Å². The van der Waals surface area contributed by atoms with Crippen molar-refractivity contribution in [1.82, 2.24) is 9.97 Å². The van der Waals surface area contributed by atoms with Gasteiger partial charge in [-0.15, -0.1) is 0 Å². The SMILES string of the molecule is CCCCCCNc1cc(OCCCC)nc(COC)n1. The van der Waals surface area contributed by atoms with Crippen molar-refractivity contribution in [2.24, 2.45) is 0 Å². The molecular weight excluding hydrogens is 266 g/mol. The van der Waals surface area contributed by atoms with Crippen LogP contribution in [0.3, 0.4) is 0 Å². The molecule has 5 nitrogen and oxygen atoms in total. The van der Waals surface area contributed by atoms with Gasteiger partial charge in [-0.1, -0.05) is 39.5 Å². The second-order valence-electron chi connectivity index (χ2n) is 5.13. The minimum absolute atomic E-state index is 0.398. The van der Waals surface area contributed by atoms with Crippen LogP contribution in [0, 0.1) is 0 Å². The number of nitrogens with zero attached hydrogens (tertiary/aromatic N) is 2. The first kappa shape index (κ1) is 17.7. The molecule has 1 aromatic heterocycles. The number of hydrogen-bond acceptors (Lipinski definition) is 5. The molecule has 0 aliphatic carbocycles. The third-order valence-electron chi connectivity index (χ3n) is 3.11. The van der Waals surface area contributed by atoms with Crippen molar-refractivity contribution in [3.8, 4) is 5.88 Å². The highest BCUT2D eigenvalue weighted by Gasteiger charge is 2.05. The zero-order valence-corrected chi connectivity index (χ0v) is 13.7.